The van der Waals surface area contributed by atoms with Crippen molar-refractivity contribution in [3.63, 3.8) is 0 Å². The van der Waals surface area contributed by atoms with E-state index in [-0.39, 0.29) is 26.5 Å². The number of anilines is 1. The van der Waals surface area contributed by atoms with Crippen molar-refractivity contribution < 1.29 is 33.4 Å². The molecule has 1 saturated heterocycles. The normalized spacial score (nSPS) is 14.2. The van der Waals surface area contributed by atoms with Crippen molar-refractivity contribution in [3.8, 4) is 5.75 Å². The fourth-order valence-corrected chi connectivity index (χ4v) is 5.08. The molecule has 1 aliphatic heterocycles. The van der Waals surface area contributed by atoms with Crippen molar-refractivity contribution in [2.45, 2.75) is 84.7 Å². The Balaban J connectivity index is 0.00000650. The van der Waals surface area contributed by atoms with Crippen molar-refractivity contribution in [2.24, 2.45) is 0 Å². The Bertz CT molecular complexity index is 1540. The minimum absolute atomic E-state index is 0. The van der Waals surface area contributed by atoms with E-state index in [2.05, 4.69) is 21.0 Å². The molecule has 4 rings (SSSR count). The van der Waals surface area contributed by atoms with E-state index in [4.69, 9.17) is 14.2 Å². The molecule has 1 fully saturated rings. The fraction of sp³-hybridized carbons (Fsp3) is 0.472. The van der Waals surface area contributed by atoms with Crippen LogP contribution in [-0.2, 0) is 30.5 Å². The number of amides is 4. The fourth-order valence-electron chi connectivity index (χ4n) is 5.08. The minimum atomic E-state index is -1.42. The molecule has 13 nitrogen and oxygen atoms in total. The van der Waals surface area contributed by atoms with Crippen molar-refractivity contribution in [1.29, 1.82) is 0 Å². The maximum Gasteiger partial charge on any atom is 0.408 e. The number of ether oxygens (including phenoxy) is 3. The van der Waals surface area contributed by atoms with Gasteiger partial charge in [-0.25, -0.2) is 4.79 Å². The maximum atomic E-state index is 13.7. The zero-order chi connectivity index (χ0) is 34.9. The molecule has 266 valence electrons. The lowest BCUT2D eigenvalue weighted by Crippen LogP contribution is -2.59. The predicted octanol–water partition coefficient (Wildman–Crippen LogP) is 4.68. The van der Waals surface area contributed by atoms with Gasteiger partial charge in [-0.05, 0) is 70.7 Å². The molecule has 0 spiro atoms. The standard InChI is InChI=1S/C35H46N6O7.CH4/c1-34(2,3)48-33(45)39-35(4,5)32(44)38-28(23-47-22-24-12-8-7-9-13-24)30(42)37-26-20-36-41(21-26)29(31(43)40-18-10-11-19-40)25-14-16-27(46-6)17-15-25;/h7-9,12-17,20-21,28-29H,10-11,18-19,22-23H2,1-6H3,(H,37,42)(H,38,44)(H,39,45);1H4/t28-,29?;/m1./s1. The second kappa shape index (κ2) is 17.0. The third-order valence-electron chi connectivity index (χ3n) is 7.62. The molecular formula is C36H50N6O7. The number of methoxy groups -OCH3 is 1. The van der Waals surface area contributed by atoms with Crippen molar-refractivity contribution >= 4 is 29.5 Å². The van der Waals surface area contributed by atoms with E-state index in [1.54, 1.807) is 46.2 Å². The number of carbonyl (C=O) groups is 4. The van der Waals surface area contributed by atoms with Crippen molar-refractivity contribution in [2.75, 3.05) is 32.1 Å². The van der Waals surface area contributed by atoms with Gasteiger partial charge in [-0.15, -0.1) is 0 Å². The molecule has 2 heterocycles. The summed E-state index contributed by atoms with van der Waals surface area (Å²) in [6.45, 7) is 9.54. The number of nitrogens with one attached hydrogen (secondary N) is 3. The smallest absolute Gasteiger partial charge is 0.408 e. The summed E-state index contributed by atoms with van der Waals surface area (Å²) >= 11 is 0. The van der Waals surface area contributed by atoms with E-state index in [0.29, 0.717) is 30.1 Å². The Hall–Kier alpha value is -4.91. The van der Waals surface area contributed by atoms with Crippen LogP contribution in [0, 0.1) is 0 Å². The first-order chi connectivity index (χ1) is 22.8. The molecule has 4 amide bonds. The topological polar surface area (TPSA) is 153 Å². The second-order valence-electron chi connectivity index (χ2n) is 13.2. The lowest BCUT2D eigenvalue weighted by Gasteiger charge is -2.29. The molecule has 1 unspecified atom stereocenters. The summed E-state index contributed by atoms with van der Waals surface area (Å²) in [5.74, 6) is -0.636. The number of aromatic nitrogens is 2. The SMILES string of the molecule is C.COc1ccc(C(C(=O)N2CCCC2)n2cc(NC(=O)[C@@H](COCc3ccccc3)NC(=O)C(C)(C)NC(=O)OC(C)(C)C)cn2)cc1. The Morgan fingerprint density at radius 3 is 2.20 bits per heavy atom. The van der Waals surface area contributed by atoms with Gasteiger partial charge in [0.25, 0.3) is 5.91 Å². The van der Waals surface area contributed by atoms with Crippen LogP contribution >= 0.6 is 0 Å². The molecular weight excluding hydrogens is 628 g/mol. The van der Waals surface area contributed by atoms with Crippen LogP contribution in [0.3, 0.4) is 0 Å². The second-order valence-corrected chi connectivity index (χ2v) is 13.2. The van der Waals surface area contributed by atoms with Gasteiger partial charge in [0.05, 0.1) is 32.2 Å². The lowest BCUT2D eigenvalue weighted by molar-refractivity contribution is -0.132. The maximum absolute atomic E-state index is 13.7. The van der Waals surface area contributed by atoms with Gasteiger partial charge in [-0.3, -0.25) is 19.1 Å². The Morgan fingerprint density at radius 2 is 1.59 bits per heavy atom. The van der Waals surface area contributed by atoms with Crippen LogP contribution in [0.5, 0.6) is 5.75 Å². The number of alkyl carbamates (subject to hydrolysis) is 1. The van der Waals surface area contributed by atoms with Crippen LogP contribution < -0.4 is 20.7 Å². The number of likely N-dealkylation sites (tertiary alicyclic amines) is 1. The zero-order valence-corrected chi connectivity index (χ0v) is 28.4. The third kappa shape index (κ3) is 11.1. The highest BCUT2D eigenvalue weighted by atomic mass is 16.6. The monoisotopic (exact) mass is 678 g/mol. The van der Waals surface area contributed by atoms with Gasteiger partial charge in [0.15, 0.2) is 6.04 Å². The molecule has 0 bridgehead atoms. The molecule has 3 aromatic rings. The number of benzene rings is 2. The average Bonchev–Trinajstić information content (AvgIpc) is 3.73. The van der Waals surface area contributed by atoms with Crippen LogP contribution in [0.4, 0.5) is 10.5 Å². The number of carbonyl (C=O) groups excluding carboxylic acids is 4. The lowest BCUT2D eigenvalue weighted by atomic mass is 10.0. The molecule has 49 heavy (non-hydrogen) atoms. The molecule has 1 aliphatic rings. The Morgan fingerprint density at radius 1 is 0.939 bits per heavy atom. The van der Waals surface area contributed by atoms with Gasteiger partial charge in [-0.2, -0.15) is 5.10 Å². The summed E-state index contributed by atoms with van der Waals surface area (Å²) in [6, 6.07) is 14.7. The van der Waals surface area contributed by atoms with Crippen LogP contribution in [-0.4, -0.2) is 82.5 Å². The summed E-state index contributed by atoms with van der Waals surface area (Å²) in [7, 11) is 1.57. The summed E-state index contributed by atoms with van der Waals surface area (Å²) in [6.07, 6.45) is 4.13. The highest BCUT2D eigenvalue weighted by Gasteiger charge is 2.35. The van der Waals surface area contributed by atoms with Gasteiger partial charge < -0.3 is 35.1 Å². The highest BCUT2D eigenvalue weighted by Crippen LogP contribution is 2.26. The first-order valence-electron chi connectivity index (χ1n) is 16.0. The Kier molecular flexibility index (Phi) is 13.3. The summed E-state index contributed by atoms with van der Waals surface area (Å²) in [4.78, 5) is 55.0. The quantitative estimate of drug-likeness (QED) is 0.236. The van der Waals surface area contributed by atoms with E-state index < -0.39 is 41.1 Å². The minimum Gasteiger partial charge on any atom is -0.497 e. The predicted molar refractivity (Wildman–Crippen MR) is 186 cm³/mol. The largest absolute Gasteiger partial charge is 0.497 e. The van der Waals surface area contributed by atoms with Gasteiger partial charge in [-0.1, -0.05) is 49.9 Å². The van der Waals surface area contributed by atoms with Gasteiger partial charge >= 0.3 is 6.09 Å². The molecule has 0 aliphatic carbocycles. The van der Waals surface area contributed by atoms with E-state index in [1.807, 2.05) is 47.4 Å². The number of hydrogen-bond acceptors (Lipinski definition) is 8. The van der Waals surface area contributed by atoms with E-state index in [0.717, 1.165) is 18.4 Å². The first kappa shape index (κ1) is 38.5. The molecule has 2 aromatic carbocycles. The van der Waals surface area contributed by atoms with Gasteiger partial charge in [0.2, 0.25) is 11.8 Å². The van der Waals surface area contributed by atoms with E-state index in [1.165, 1.54) is 24.7 Å². The van der Waals surface area contributed by atoms with Gasteiger partial charge in [0, 0.05) is 19.3 Å². The summed E-state index contributed by atoms with van der Waals surface area (Å²) in [5.41, 5.74) is -0.259. The third-order valence-corrected chi connectivity index (χ3v) is 7.62. The molecule has 2 atom stereocenters. The number of rotatable bonds is 13. The summed E-state index contributed by atoms with van der Waals surface area (Å²) in [5, 5.41) is 12.5. The Labute approximate surface area is 288 Å². The van der Waals surface area contributed by atoms with Crippen LogP contribution in [0.15, 0.2) is 67.0 Å². The van der Waals surface area contributed by atoms with Crippen molar-refractivity contribution in [3.05, 3.63) is 78.1 Å². The van der Waals surface area contributed by atoms with Crippen LogP contribution in [0.1, 0.15) is 72.1 Å². The average molecular weight is 679 g/mol. The molecule has 1 aromatic heterocycles. The molecule has 0 saturated carbocycles. The zero-order valence-electron chi connectivity index (χ0n) is 28.4. The number of nitrogens with zero attached hydrogens (tertiary/aromatic N) is 3. The van der Waals surface area contributed by atoms with E-state index in [9.17, 15) is 19.2 Å². The molecule has 13 heteroatoms. The van der Waals surface area contributed by atoms with Crippen LogP contribution in [0.2, 0.25) is 0 Å². The number of hydrogen-bond donors (Lipinski definition) is 3. The molecule has 0 radical (unpaired) electrons. The van der Waals surface area contributed by atoms with Gasteiger partial charge in [0.1, 0.15) is 22.9 Å². The first-order valence-corrected chi connectivity index (χ1v) is 16.0. The highest BCUT2D eigenvalue weighted by molar-refractivity contribution is 5.99. The van der Waals surface area contributed by atoms with Crippen LogP contribution in [0.25, 0.3) is 0 Å². The summed E-state index contributed by atoms with van der Waals surface area (Å²) < 4.78 is 18.0. The van der Waals surface area contributed by atoms with E-state index >= 15 is 0 Å². The molecule has 3 N–H and O–H groups in total. The van der Waals surface area contributed by atoms with Crippen molar-refractivity contribution in [1.82, 2.24) is 25.3 Å².